The summed E-state index contributed by atoms with van der Waals surface area (Å²) in [5.41, 5.74) is 5.39. The monoisotopic (exact) mass is 231 g/mol. The Hall–Kier alpha value is -0.810. The van der Waals surface area contributed by atoms with E-state index in [2.05, 4.69) is 24.3 Å². The van der Waals surface area contributed by atoms with Gasteiger partial charge in [0.25, 0.3) is 0 Å². The van der Waals surface area contributed by atoms with Gasteiger partial charge in [-0.2, -0.15) is 0 Å². The van der Waals surface area contributed by atoms with Crippen LogP contribution in [0.4, 0.5) is 0 Å². The van der Waals surface area contributed by atoms with Crippen molar-refractivity contribution in [2.45, 2.75) is 39.7 Å². The predicted molar refractivity (Wildman–Crippen MR) is 65.8 cm³/mol. The molecule has 0 heterocycles. The number of nitrogens with one attached hydrogen (secondary N) is 1. The first-order chi connectivity index (χ1) is 7.56. The molecule has 1 unspecified atom stereocenters. The zero-order valence-electron chi connectivity index (χ0n) is 10.6. The third-order valence-corrected chi connectivity index (χ3v) is 2.05. The lowest BCUT2D eigenvalue weighted by Gasteiger charge is -2.13. The molecule has 4 N–H and O–H groups in total. The molecule has 0 aliphatic heterocycles. The fourth-order valence-corrected chi connectivity index (χ4v) is 1.27. The van der Waals surface area contributed by atoms with E-state index in [0.717, 1.165) is 26.2 Å². The molecule has 0 saturated carbocycles. The van der Waals surface area contributed by atoms with Crippen molar-refractivity contribution >= 4 is 5.84 Å². The second kappa shape index (κ2) is 9.42. The highest BCUT2D eigenvalue weighted by Gasteiger charge is 2.03. The van der Waals surface area contributed by atoms with E-state index >= 15 is 0 Å². The van der Waals surface area contributed by atoms with Gasteiger partial charge in [-0.25, -0.2) is 0 Å². The van der Waals surface area contributed by atoms with Gasteiger partial charge in [0.1, 0.15) is 5.84 Å². The van der Waals surface area contributed by atoms with Crippen molar-refractivity contribution in [2.75, 3.05) is 19.8 Å². The molecule has 0 aliphatic carbocycles. The van der Waals surface area contributed by atoms with Crippen molar-refractivity contribution in [3.8, 4) is 0 Å². The Balaban J connectivity index is 3.31. The molecule has 0 radical (unpaired) electrons. The SMILES string of the molecule is CC(C)COCCCNC(C)CC(N)=NO. The van der Waals surface area contributed by atoms with Crippen molar-refractivity contribution in [2.24, 2.45) is 16.8 Å². The molecule has 16 heavy (non-hydrogen) atoms. The summed E-state index contributed by atoms with van der Waals surface area (Å²) in [5, 5.41) is 14.6. The molecule has 0 aromatic heterocycles. The number of rotatable bonds is 9. The zero-order valence-corrected chi connectivity index (χ0v) is 10.6. The minimum atomic E-state index is 0.223. The molecule has 0 aromatic carbocycles. The molecule has 0 rings (SSSR count). The second-order valence-corrected chi connectivity index (χ2v) is 4.47. The maximum absolute atomic E-state index is 8.39. The first kappa shape index (κ1) is 15.2. The van der Waals surface area contributed by atoms with Crippen molar-refractivity contribution < 1.29 is 9.94 Å². The molecule has 0 fully saturated rings. The predicted octanol–water partition coefficient (Wildman–Crippen LogP) is 1.16. The number of nitrogens with two attached hydrogens (primary N) is 1. The molecule has 5 nitrogen and oxygen atoms in total. The van der Waals surface area contributed by atoms with Crippen LogP contribution in [-0.2, 0) is 4.74 Å². The lowest BCUT2D eigenvalue weighted by atomic mass is 10.2. The van der Waals surface area contributed by atoms with Crippen LogP contribution in [0.5, 0.6) is 0 Å². The molecule has 96 valence electrons. The topological polar surface area (TPSA) is 79.9 Å². The minimum Gasteiger partial charge on any atom is -0.409 e. The molecule has 0 aliphatic rings. The van der Waals surface area contributed by atoms with Crippen LogP contribution in [0, 0.1) is 5.92 Å². The van der Waals surface area contributed by atoms with Crippen LogP contribution in [0.1, 0.15) is 33.6 Å². The largest absolute Gasteiger partial charge is 0.409 e. The summed E-state index contributed by atoms with van der Waals surface area (Å²) in [4.78, 5) is 0. The molecular weight excluding hydrogens is 206 g/mol. The van der Waals surface area contributed by atoms with E-state index < -0.39 is 0 Å². The van der Waals surface area contributed by atoms with Gasteiger partial charge in [-0.3, -0.25) is 0 Å². The summed E-state index contributed by atoms with van der Waals surface area (Å²) in [6.07, 6.45) is 1.54. The normalized spacial score (nSPS) is 14.4. The van der Waals surface area contributed by atoms with E-state index in [1.165, 1.54) is 0 Å². The third kappa shape index (κ3) is 9.73. The molecule has 0 saturated heterocycles. The maximum atomic E-state index is 8.39. The Labute approximate surface area is 98.0 Å². The van der Waals surface area contributed by atoms with Crippen molar-refractivity contribution in [1.82, 2.24) is 5.32 Å². The van der Waals surface area contributed by atoms with E-state index in [4.69, 9.17) is 15.7 Å². The van der Waals surface area contributed by atoms with Crippen LogP contribution in [0.2, 0.25) is 0 Å². The van der Waals surface area contributed by atoms with E-state index in [0.29, 0.717) is 12.3 Å². The van der Waals surface area contributed by atoms with Crippen LogP contribution in [-0.4, -0.2) is 36.8 Å². The summed E-state index contributed by atoms with van der Waals surface area (Å²) in [6.45, 7) is 8.76. The van der Waals surface area contributed by atoms with Gasteiger partial charge in [-0.1, -0.05) is 19.0 Å². The van der Waals surface area contributed by atoms with Gasteiger partial charge in [-0.15, -0.1) is 0 Å². The molecule has 0 aromatic rings. The minimum absolute atomic E-state index is 0.223. The summed E-state index contributed by atoms with van der Waals surface area (Å²) < 4.78 is 5.45. The molecule has 1 atom stereocenters. The highest BCUT2D eigenvalue weighted by molar-refractivity contribution is 5.80. The van der Waals surface area contributed by atoms with Crippen LogP contribution in [0.25, 0.3) is 0 Å². The first-order valence-corrected chi connectivity index (χ1v) is 5.83. The number of hydrogen-bond donors (Lipinski definition) is 3. The van der Waals surface area contributed by atoms with Gasteiger partial charge < -0.3 is 21.0 Å². The van der Waals surface area contributed by atoms with Crippen molar-refractivity contribution in [1.29, 1.82) is 0 Å². The molecule has 0 bridgehead atoms. The quantitative estimate of drug-likeness (QED) is 0.183. The van der Waals surface area contributed by atoms with Gasteiger partial charge in [-0.05, 0) is 25.8 Å². The summed E-state index contributed by atoms with van der Waals surface area (Å²) in [6, 6.07) is 0.223. The molecule has 5 heteroatoms. The summed E-state index contributed by atoms with van der Waals surface area (Å²) in [5.74, 6) is 0.850. The van der Waals surface area contributed by atoms with E-state index in [-0.39, 0.29) is 11.9 Å². The van der Waals surface area contributed by atoms with E-state index in [9.17, 15) is 0 Å². The number of oxime groups is 1. The van der Waals surface area contributed by atoms with Crippen LogP contribution in [0.15, 0.2) is 5.16 Å². The fourth-order valence-electron chi connectivity index (χ4n) is 1.27. The van der Waals surface area contributed by atoms with Gasteiger partial charge in [0.15, 0.2) is 0 Å². The van der Waals surface area contributed by atoms with Crippen molar-refractivity contribution in [3.05, 3.63) is 0 Å². The smallest absolute Gasteiger partial charge is 0.140 e. The Kier molecular flexibility index (Phi) is 8.94. The summed E-state index contributed by atoms with van der Waals surface area (Å²) in [7, 11) is 0. The number of hydrogen-bond acceptors (Lipinski definition) is 4. The van der Waals surface area contributed by atoms with Crippen molar-refractivity contribution in [3.63, 3.8) is 0 Å². The lowest BCUT2D eigenvalue weighted by molar-refractivity contribution is 0.107. The standard InChI is InChI=1S/C11H25N3O2/c1-9(2)8-16-6-4-5-13-10(3)7-11(12)14-15/h9-10,13,15H,4-8H2,1-3H3,(H2,12,14). The molecule has 0 spiro atoms. The fraction of sp³-hybridized carbons (Fsp3) is 0.909. The highest BCUT2D eigenvalue weighted by atomic mass is 16.5. The number of amidine groups is 1. The average Bonchev–Trinajstić information content (AvgIpc) is 2.22. The van der Waals surface area contributed by atoms with Gasteiger partial charge in [0, 0.05) is 25.7 Å². The summed E-state index contributed by atoms with van der Waals surface area (Å²) >= 11 is 0. The Bertz CT molecular complexity index is 196. The van der Waals surface area contributed by atoms with Gasteiger partial charge in [0.2, 0.25) is 0 Å². The lowest BCUT2D eigenvalue weighted by Crippen LogP contribution is -2.32. The van der Waals surface area contributed by atoms with Crippen LogP contribution >= 0.6 is 0 Å². The van der Waals surface area contributed by atoms with Crippen LogP contribution in [0.3, 0.4) is 0 Å². The van der Waals surface area contributed by atoms with E-state index in [1.54, 1.807) is 0 Å². The highest BCUT2D eigenvalue weighted by Crippen LogP contribution is 1.94. The Morgan fingerprint density at radius 2 is 2.12 bits per heavy atom. The van der Waals surface area contributed by atoms with Gasteiger partial charge >= 0.3 is 0 Å². The van der Waals surface area contributed by atoms with Gasteiger partial charge in [0.05, 0.1) is 0 Å². The van der Waals surface area contributed by atoms with Crippen LogP contribution < -0.4 is 11.1 Å². The number of ether oxygens (including phenoxy) is 1. The maximum Gasteiger partial charge on any atom is 0.140 e. The average molecular weight is 231 g/mol. The molecular formula is C11H25N3O2. The second-order valence-electron chi connectivity index (χ2n) is 4.47. The first-order valence-electron chi connectivity index (χ1n) is 5.83. The molecule has 0 amide bonds. The number of nitrogens with zero attached hydrogens (tertiary/aromatic N) is 1. The third-order valence-electron chi connectivity index (χ3n) is 2.05. The zero-order chi connectivity index (χ0) is 12.4. The Morgan fingerprint density at radius 3 is 2.69 bits per heavy atom. The Morgan fingerprint density at radius 1 is 1.44 bits per heavy atom. The van der Waals surface area contributed by atoms with E-state index in [1.807, 2.05) is 6.92 Å².